The van der Waals surface area contributed by atoms with Crippen molar-refractivity contribution in [2.45, 2.75) is 19.6 Å². The zero-order valence-electron chi connectivity index (χ0n) is 14.1. The number of nitrogens with zero attached hydrogens (tertiary/aromatic N) is 3. The molecule has 5 heteroatoms. The summed E-state index contributed by atoms with van der Waals surface area (Å²) < 4.78 is 13.5. The molecule has 5 nitrogen and oxygen atoms in total. The molecule has 5 rings (SSSR count). The van der Waals surface area contributed by atoms with Crippen molar-refractivity contribution in [3.63, 3.8) is 0 Å². The van der Waals surface area contributed by atoms with Crippen LogP contribution in [0, 0.1) is 11.8 Å². The number of fused-ring (bicyclic) bond motifs is 3. The molecule has 0 bridgehead atoms. The van der Waals surface area contributed by atoms with E-state index in [2.05, 4.69) is 29.0 Å². The van der Waals surface area contributed by atoms with Gasteiger partial charge < -0.3 is 9.47 Å². The Morgan fingerprint density at radius 1 is 1.12 bits per heavy atom. The zero-order chi connectivity index (χ0) is 17.5. The van der Waals surface area contributed by atoms with E-state index in [4.69, 9.17) is 14.6 Å². The van der Waals surface area contributed by atoms with Crippen LogP contribution < -0.4 is 9.47 Å². The van der Waals surface area contributed by atoms with Crippen molar-refractivity contribution in [3.05, 3.63) is 77.4 Å². The highest BCUT2D eigenvalue weighted by molar-refractivity contribution is 6.14. The number of benzene rings is 2. The maximum absolute atomic E-state index is 5.82. The lowest BCUT2D eigenvalue weighted by molar-refractivity contribution is 0.104. The molecule has 3 aromatic rings. The molecule has 1 aromatic heterocycles. The third kappa shape index (κ3) is 2.35. The number of imidazole rings is 1. The summed E-state index contributed by atoms with van der Waals surface area (Å²) in [4.78, 5) is 4.44. The Labute approximate surface area is 150 Å². The van der Waals surface area contributed by atoms with Crippen LogP contribution in [0.15, 0.2) is 60.0 Å². The van der Waals surface area contributed by atoms with Crippen molar-refractivity contribution in [3.8, 4) is 23.3 Å². The highest BCUT2D eigenvalue weighted by Gasteiger charge is 2.27. The lowest BCUT2D eigenvalue weighted by Crippen LogP contribution is -2.14. The first-order valence-corrected chi connectivity index (χ1v) is 8.41. The maximum atomic E-state index is 5.82. The Hall–Kier alpha value is -3.52. The van der Waals surface area contributed by atoms with E-state index >= 15 is 0 Å². The zero-order valence-corrected chi connectivity index (χ0v) is 14.1. The summed E-state index contributed by atoms with van der Waals surface area (Å²) in [5.41, 5.74) is 4.05. The fourth-order valence-electron chi connectivity index (χ4n) is 3.27. The van der Waals surface area contributed by atoms with Crippen molar-refractivity contribution >= 4 is 5.71 Å². The smallest absolute Gasteiger partial charge is 0.306 e. The molecule has 2 aromatic carbocycles. The van der Waals surface area contributed by atoms with Crippen LogP contribution in [0.5, 0.6) is 11.5 Å². The van der Waals surface area contributed by atoms with Gasteiger partial charge in [0.1, 0.15) is 5.82 Å². The molecule has 0 N–H and O–H groups in total. The molecule has 0 radical (unpaired) electrons. The van der Waals surface area contributed by atoms with Gasteiger partial charge in [0, 0.05) is 29.9 Å². The Balaban J connectivity index is 1.70. The lowest BCUT2D eigenvalue weighted by atomic mass is 9.95. The molecular formula is C21H15N3O2. The van der Waals surface area contributed by atoms with Gasteiger partial charge in [-0.3, -0.25) is 0 Å². The van der Waals surface area contributed by atoms with E-state index in [0.717, 1.165) is 28.2 Å². The molecule has 3 heterocycles. The van der Waals surface area contributed by atoms with E-state index in [1.807, 2.05) is 41.2 Å². The van der Waals surface area contributed by atoms with E-state index in [1.54, 1.807) is 13.1 Å². The Morgan fingerprint density at radius 2 is 1.92 bits per heavy atom. The predicted molar refractivity (Wildman–Crippen MR) is 97.4 cm³/mol. The molecule has 0 aliphatic carbocycles. The van der Waals surface area contributed by atoms with Crippen LogP contribution >= 0.6 is 0 Å². The Bertz CT molecular complexity index is 1090. The summed E-state index contributed by atoms with van der Waals surface area (Å²) in [5, 5.41) is 4.84. The number of ether oxygens (including phenoxy) is 2. The number of aromatic nitrogens is 2. The van der Waals surface area contributed by atoms with Crippen LogP contribution in [0.3, 0.4) is 0 Å². The molecule has 1 atom stereocenters. The van der Waals surface area contributed by atoms with Gasteiger partial charge in [0.05, 0.1) is 5.71 Å². The highest BCUT2D eigenvalue weighted by Crippen LogP contribution is 2.39. The van der Waals surface area contributed by atoms with Crippen molar-refractivity contribution in [2.75, 3.05) is 0 Å². The highest BCUT2D eigenvalue weighted by atomic mass is 16.7. The van der Waals surface area contributed by atoms with E-state index in [0.29, 0.717) is 17.9 Å². The van der Waals surface area contributed by atoms with Gasteiger partial charge in [0.25, 0.3) is 0 Å². The first-order valence-electron chi connectivity index (χ1n) is 8.41. The summed E-state index contributed by atoms with van der Waals surface area (Å²) in [6, 6.07) is 14.2. The van der Waals surface area contributed by atoms with Gasteiger partial charge >= 0.3 is 6.29 Å². The van der Waals surface area contributed by atoms with Gasteiger partial charge in [0.15, 0.2) is 11.5 Å². The SMILES string of the molecule is CC#CC1Oc2cc3c(cc2O1)C(c1ccccc1)=Nn1ccnc1C3. The topological polar surface area (TPSA) is 48.6 Å². The summed E-state index contributed by atoms with van der Waals surface area (Å²) in [6.45, 7) is 1.77. The third-order valence-electron chi connectivity index (χ3n) is 4.45. The average molecular weight is 341 g/mol. The van der Waals surface area contributed by atoms with Crippen LogP contribution in [0.25, 0.3) is 0 Å². The monoisotopic (exact) mass is 341 g/mol. The number of rotatable bonds is 1. The van der Waals surface area contributed by atoms with Gasteiger partial charge in [-0.05, 0) is 30.5 Å². The molecule has 0 fully saturated rings. The molecule has 126 valence electrons. The summed E-state index contributed by atoms with van der Waals surface area (Å²) in [6.07, 6.45) is 3.76. The number of hydrogen-bond acceptors (Lipinski definition) is 4. The molecule has 1 unspecified atom stereocenters. The minimum absolute atomic E-state index is 0.555. The van der Waals surface area contributed by atoms with Crippen LogP contribution in [0.4, 0.5) is 0 Å². The molecule has 26 heavy (non-hydrogen) atoms. The molecule has 0 amide bonds. The van der Waals surface area contributed by atoms with Gasteiger partial charge in [-0.2, -0.15) is 5.10 Å². The molecule has 2 aliphatic rings. The quantitative estimate of drug-likeness (QED) is 0.500. The van der Waals surface area contributed by atoms with E-state index < -0.39 is 6.29 Å². The van der Waals surface area contributed by atoms with Crippen molar-refractivity contribution in [1.29, 1.82) is 0 Å². The third-order valence-corrected chi connectivity index (χ3v) is 4.45. The fourth-order valence-corrected chi connectivity index (χ4v) is 3.27. The van der Waals surface area contributed by atoms with Crippen molar-refractivity contribution < 1.29 is 9.47 Å². The molecule has 0 spiro atoms. The van der Waals surface area contributed by atoms with E-state index in [-0.39, 0.29) is 0 Å². The average Bonchev–Trinajstić information content (AvgIpc) is 3.23. The van der Waals surface area contributed by atoms with Gasteiger partial charge in [-0.25, -0.2) is 9.66 Å². The second kappa shape index (κ2) is 5.78. The van der Waals surface area contributed by atoms with Crippen molar-refractivity contribution in [2.24, 2.45) is 5.10 Å². The van der Waals surface area contributed by atoms with Crippen LogP contribution in [-0.2, 0) is 6.42 Å². The first kappa shape index (κ1) is 14.8. The molecule has 2 aliphatic heterocycles. The van der Waals surface area contributed by atoms with Crippen LogP contribution in [0.1, 0.15) is 29.4 Å². The minimum Gasteiger partial charge on any atom is -0.440 e. The standard InChI is InChI=1S/C21H15N3O2/c1-2-6-20-25-17-11-15-12-19-22-9-10-24(19)23-21(14-7-4-3-5-8-14)16(15)13-18(17)26-20/h3-5,7-11,13,20H,12H2,1H3. The van der Waals surface area contributed by atoms with E-state index in [1.165, 1.54) is 0 Å². The molecule has 0 saturated carbocycles. The number of hydrogen-bond donors (Lipinski definition) is 0. The Morgan fingerprint density at radius 3 is 2.73 bits per heavy atom. The fraction of sp³-hybridized carbons (Fsp3) is 0.143. The first-order chi connectivity index (χ1) is 12.8. The summed E-state index contributed by atoms with van der Waals surface area (Å²) in [5.74, 6) is 8.03. The van der Waals surface area contributed by atoms with Gasteiger partial charge in [-0.15, -0.1) is 0 Å². The van der Waals surface area contributed by atoms with Crippen molar-refractivity contribution in [1.82, 2.24) is 9.66 Å². The van der Waals surface area contributed by atoms with Crippen LogP contribution in [0.2, 0.25) is 0 Å². The largest absolute Gasteiger partial charge is 0.440 e. The maximum Gasteiger partial charge on any atom is 0.306 e. The summed E-state index contributed by atoms with van der Waals surface area (Å²) >= 11 is 0. The molecular weight excluding hydrogens is 326 g/mol. The Kier molecular flexibility index (Phi) is 3.29. The second-order valence-electron chi connectivity index (χ2n) is 6.10. The summed E-state index contributed by atoms with van der Waals surface area (Å²) in [7, 11) is 0. The predicted octanol–water partition coefficient (Wildman–Crippen LogP) is 3.21. The molecule has 0 saturated heterocycles. The van der Waals surface area contributed by atoms with E-state index in [9.17, 15) is 0 Å². The minimum atomic E-state index is -0.555. The van der Waals surface area contributed by atoms with Crippen LogP contribution in [-0.4, -0.2) is 21.7 Å². The normalized spacial score (nSPS) is 16.7. The van der Waals surface area contributed by atoms with Gasteiger partial charge in [0.2, 0.25) is 0 Å². The lowest BCUT2D eigenvalue weighted by Gasteiger charge is -2.10. The van der Waals surface area contributed by atoms with Gasteiger partial charge in [-0.1, -0.05) is 36.3 Å². The second-order valence-corrected chi connectivity index (χ2v) is 6.10.